The third-order valence-corrected chi connectivity index (χ3v) is 5.51. The zero-order valence-electron chi connectivity index (χ0n) is 14.6. The molecule has 0 unspecified atom stereocenters. The summed E-state index contributed by atoms with van der Waals surface area (Å²) in [6.07, 6.45) is 5.10. The molecule has 0 radical (unpaired) electrons. The molecule has 0 amide bonds. The van der Waals surface area contributed by atoms with Gasteiger partial charge in [0.1, 0.15) is 0 Å². The molecule has 2 aromatic heterocycles. The first-order chi connectivity index (χ1) is 11.7. The highest BCUT2D eigenvalue weighted by Crippen LogP contribution is 2.32. The summed E-state index contributed by atoms with van der Waals surface area (Å²) in [6, 6.07) is 12.8. The van der Waals surface area contributed by atoms with Crippen molar-refractivity contribution in [2.75, 3.05) is 27.7 Å². The minimum absolute atomic E-state index is 0.673. The second kappa shape index (κ2) is 7.77. The van der Waals surface area contributed by atoms with Crippen LogP contribution in [-0.4, -0.2) is 37.6 Å². The number of likely N-dealkylation sites (N-methyl/N-ethyl adjacent to an activating group) is 1. The van der Waals surface area contributed by atoms with E-state index in [0.29, 0.717) is 5.88 Å². The van der Waals surface area contributed by atoms with Gasteiger partial charge in [0.05, 0.1) is 7.11 Å². The Hall–Kier alpha value is -1.91. The molecular formula is C20H24N2OS. The molecule has 1 aromatic carbocycles. The summed E-state index contributed by atoms with van der Waals surface area (Å²) in [5.74, 6) is 0.673. The number of hydrogen-bond acceptors (Lipinski definition) is 4. The summed E-state index contributed by atoms with van der Waals surface area (Å²) in [4.78, 5) is 8.09. The van der Waals surface area contributed by atoms with Crippen molar-refractivity contribution < 1.29 is 4.74 Å². The molecule has 126 valence electrons. The number of aryl methyl sites for hydroxylation is 2. The number of fused-ring (bicyclic) bond motifs is 1. The molecule has 0 saturated heterocycles. The van der Waals surface area contributed by atoms with Gasteiger partial charge in [0.2, 0.25) is 5.88 Å². The topological polar surface area (TPSA) is 25.4 Å². The quantitative estimate of drug-likeness (QED) is 0.645. The third kappa shape index (κ3) is 3.94. The van der Waals surface area contributed by atoms with Gasteiger partial charge in [0.15, 0.2) is 0 Å². The van der Waals surface area contributed by atoms with E-state index in [4.69, 9.17) is 4.74 Å². The van der Waals surface area contributed by atoms with Crippen LogP contribution in [0.2, 0.25) is 0 Å². The number of rotatable bonds is 7. The fraction of sp³-hybridized carbons (Fsp3) is 0.350. The van der Waals surface area contributed by atoms with E-state index in [1.165, 1.54) is 26.1 Å². The molecule has 0 aliphatic carbocycles. The van der Waals surface area contributed by atoms with E-state index in [9.17, 15) is 0 Å². The number of pyridine rings is 1. The first kappa shape index (κ1) is 16.9. The van der Waals surface area contributed by atoms with Gasteiger partial charge in [-0.1, -0.05) is 24.3 Å². The standard InChI is InChI=1S/C20H24N2OS/c1-22(2)13-12-19-17(16-6-4-5-7-18(16)24-19)10-8-15-9-11-20(23-3)21-14-15/h4-7,9,11,14H,8,10,12-13H2,1-3H3. The molecule has 0 bridgehead atoms. The lowest BCUT2D eigenvalue weighted by Gasteiger charge is -2.10. The maximum atomic E-state index is 5.14. The average Bonchev–Trinajstić information content (AvgIpc) is 2.96. The van der Waals surface area contributed by atoms with E-state index in [1.54, 1.807) is 7.11 Å². The highest BCUT2D eigenvalue weighted by molar-refractivity contribution is 7.19. The van der Waals surface area contributed by atoms with Crippen molar-refractivity contribution in [2.45, 2.75) is 19.3 Å². The zero-order valence-corrected chi connectivity index (χ0v) is 15.4. The molecule has 3 nitrogen and oxygen atoms in total. The van der Waals surface area contributed by atoms with Crippen LogP contribution >= 0.6 is 11.3 Å². The maximum Gasteiger partial charge on any atom is 0.212 e. The highest BCUT2D eigenvalue weighted by Gasteiger charge is 2.12. The molecule has 0 fully saturated rings. The highest BCUT2D eigenvalue weighted by atomic mass is 32.1. The van der Waals surface area contributed by atoms with Gasteiger partial charge in [-0.25, -0.2) is 4.98 Å². The Morgan fingerprint density at radius 1 is 1.04 bits per heavy atom. The number of methoxy groups -OCH3 is 1. The van der Waals surface area contributed by atoms with Crippen molar-refractivity contribution in [2.24, 2.45) is 0 Å². The van der Waals surface area contributed by atoms with Crippen molar-refractivity contribution in [1.29, 1.82) is 0 Å². The zero-order chi connectivity index (χ0) is 16.9. The van der Waals surface area contributed by atoms with E-state index >= 15 is 0 Å². The van der Waals surface area contributed by atoms with Crippen LogP contribution < -0.4 is 4.74 Å². The van der Waals surface area contributed by atoms with E-state index in [2.05, 4.69) is 54.3 Å². The van der Waals surface area contributed by atoms with Crippen LogP contribution in [0.5, 0.6) is 5.88 Å². The Morgan fingerprint density at radius 2 is 1.88 bits per heavy atom. The van der Waals surface area contributed by atoms with Crippen molar-refractivity contribution in [3.63, 3.8) is 0 Å². The summed E-state index contributed by atoms with van der Waals surface area (Å²) in [7, 11) is 5.92. The van der Waals surface area contributed by atoms with E-state index < -0.39 is 0 Å². The molecule has 24 heavy (non-hydrogen) atoms. The van der Waals surface area contributed by atoms with Crippen LogP contribution in [0.25, 0.3) is 10.1 Å². The first-order valence-electron chi connectivity index (χ1n) is 8.30. The van der Waals surface area contributed by atoms with Gasteiger partial charge in [-0.3, -0.25) is 0 Å². The van der Waals surface area contributed by atoms with Gasteiger partial charge in [-0.2, -0.15) is 0 Å². The number of aromatic nitrogens is 1. The summed E-state index contributed by atoms with van der Waals surface area (Å²) < 4.78 is 6.53. The van der Waals surface area contributed by atoms with Gasteiger partial charge >= 0.3 is 0 Å². The summed E-state index contributed by atoms with van der Waals surface area (Å²) in [5, 5.41) is 1.41. The summed E-state index contributed by atoms with van der Waals surface area (Å²) >= 11 is 1.94. The minimum Gasteiger partial charge on any atom is -0.481 e. The molecule has 0 saturated carbocycles. The van der Waals surface area contributed by atoms with Gasteiger partial charge < -0.3 is 9.64 Å². The number of hydrogen-bond donors (Lipinski definition) is 0. The van der Waals surface area contributed by atoms with Gasteiger partial charge in [0.25, 0.3) is 0 Å². The molecule has 0 spiro atoms. The van der Waals surface area contributed by atoms with Crippen LogP contribution in [-0.2, 0) is 19.3 Å². The summed E-state index contributed by atoms with van der Waals surface area (Å²) in [6.45, 7) is 1.09. The molecule has 2 heterocycles. The predicted molar refractivity (Wildman–Crippen MR) is 102 cm³/mol. The SMILES string of the molecule is COc1ccc(CCc2c(CCN(C)C)sc3ccccc23)cn1. The number of nitrogens with zero attached hydrogens (tertiary/aromatic N) is 2. The minimum atomic E-state index is 0.673. The molecule has 4 heteroatoms. The van der Waals surface area contributed by atoms with Crippen LogP contribution in [0.3, 0.4) is 0 Å². The lowest BCUT2D eigenvalue weighted by Crippen LogP contribution is -2.15. The Bertz CT molecular complexity index is 793. The van der Waals surface area contributed by atoms with Gasteiger partial charge in [-0.05, 0) is 55.9 Å². The number of ether oxygens (including phenoxy) is 1. The molecule has 3 aromatic rings. The Labute approximate surface area is 147 Å². The molecule has 0 N–H and O–H groups in total. The van der Waals surface area contributed by atoms with Crippen molar-refractivity contribution in [1.82, 2.24) is 9.88 Å². The lowest BCUT2D eigenvalue weighted by molar-refractivity contribution is 0.397. The fourth-order valence-corrected chi connectivity index (χ4v) is 4.14. The van der Waals surface area contributed by atoms with Crippen LogP contribution in [0.4, 0.5) is 0 Å². The molecule has 0 aliphatic heterocycles. The molecular weight excluding hydrogens is 316 g/mol. The number of thiophene rings is 1. The molecule has 3 rings (SSSR count). The van der Waals surface area contributed by atoms with Crippen molar-refractivity contribution >= 4 is 21.4 Å². The monoisotopic (exact) mass is 340 g/mol. The maximum absolute atomic E-state index is 5.14. The van der Waals surface area contributed by atoms with E-state index in [-0.39, 0.29) is 0 Å². The second-order valence-electron chi connectivity index (χ2n) is 6.26. The Kier molecular flexibility index (Phi) is 5.48. The third-order valence-electron chi connectivity index (χ3n) is 4.24. The summed E-state index contributed by atoms with van der Waals surface area (Å²) in [5.41, 5.74) is 2.76. The van der Waals surface area contributed by atoms with Gasteiger partial charge in [-0.15, -0.1) is 11.3 Å². The van der Waals surface area contributed by atoms with E-state index in [0.717, 1.165) is 25.8 Å². The van der Waals surface area contributed by atoms with E-state index in [1.807, 2.05) is 23.6 Å². The van der Waals surface area contributed by atoms with Crippen molar-refractivity contribution in [3.8, 4) is 5.88 Å². The number of benzene rings is 1. The lowest BCUT2D eigenvalue weighted by atomic mass is 10.0. The average molecular weight is 340 g/mol. The smallest absolute Gasteiger partial charge is 0.212 e. The Morgan fingerprint density at radius 3 is 2.58 bits per heavy atom. The fourth-order valence-electron chi connectivity index (χ4n) is 2.90. The van der Waals surface area contributed by atoms with Crippen molar-refractivity contribution in [3.05, 3.63) is 58.6 Å². The van der Waals surface area contributed by atoms with Crippen LogP contribution in [0.1, 0.15) is 16.0 Å². The van der Waals surface area contributed by atoms with Crippen LogP contribution in [0.15, 0.2) is 42.6 Å². The molecule has 0 aliphatic rings. The Balaban J connectivity index is 1.81. The largest absolute Gasteiger partial charge is 0.481 e. The second-order valence-corrected chi connectivity index (χ2v) is 7.40. The predicted octanol–water partition coefficient (Wildman–Crippen LogP) is 4.19. The van der Waals surface area contributed by atoms with Gasteiger partial charge in [0, 0.05) is 28.4 Å². The normalized spacial score (nSPS) is 11.3. The molecule has 0 atom stereocenters. The van der Waals surface area contributed by atoms with Crippen LogP contribution in [0, 0.1) is 0 Å². The first-order valence-corrected chi connectivity index (χ1v) is 9.12.